The minimum atomic E-state index is -0.0793. The summed E-state index contributed by atoms with van der Waals surface area (Å²) in [4.78, 5) is 8.93. The minimum Gasteiger partial charge on any atom is -0.486 e. The third-order valence-corrected chi connectivity index (χ3v) is 3.93. The number of hydrogen-bond acceptors (Lipinski definition) is 5. The van der Waals surface area contributed by atoms with Gasteiger partial charge < -0.3 is 18.5 Å². The number of nitrogens with zero attached hydrogens (tertiary/aromatic N) is 3. The number of fused-ring (bicyclic) bond motifs is 1. The van der Waals surface area contributed by atoms with E-state index in [1.54, 1.807) is 12.5 Å². The van der Waals surface area contributed by atoms with Crippen molar-refractivity contribution in [3.63, 3.8) is 0 Å². The summed E-state index contributed by atoms with van der Waals surface area (Å²) in [6, 6.07) is 7.71. The highest BCUT2D eigenvalue weighted by Gasteiger charge is 2.23. The molecule has 24 heavy (non-hydrogen) atoms. The monoisotopic (exact) mass is 325 g/mol. The Hall–Kier alpha value is -2.76. The molecule has 1 aliphatic rings. The van der Waals surface area contributed by atoms with Crippen LogP contribution in [-0.2, 0) is 6.54 Å². The molecule has 0 fully saturated rings. The van der Waals surface area contributed by atoms with Gasteiger partial charge >= 0.3 is 0 Å². The van der Waals surface area contributed by atoms with Crippen molar-refractivity contribution in [3.05, 3.63) is 48.8 Å². The van der Waals surface area contributed by atoms with Gasteiger partial charge in [0.25, 0.3) is 0 Å². The highest BCUT2D eigenvalue weighted by Crippen LogP contribution is 2.31. The van der Waals surface area contributed by atoms with Gasteiger partial charge in [-0.1, -0.05) is 26.0 Å². The summed E-state index contributed by atoms with van der Waals surface area (Å²) in [5, 5.41) is 0. The van der Waals surface area contributed by atoms with E-state index in [1.807, 2.05) is 48.9 Å². The molecule has 0 amide bonds. The Bertz CT molecular complexity index is 837. The van der Waals surface area contributed by atoms with E-state index in [-0.39, 0.29) is 12.0 Å². The summed E-state index contributed by atoms with van der Waals surface area (Å²) >= 11 is 0. The van der Waals surface area contributed by atoms with Crippen molar-refractivity contribution in [2.24, 2.45) is 0 Å². The SMILES string of the molecule is CC(C)c1nc(-c2nccn2CC2COc3ccccc3O2)co1. The number of benzene rings is 1. The molecule has 2 aromatic heterocycles. The molecule has 6 heteroatoms. The lowest BCUT2D eigenvalue weighted by atomic mass is 10.2. The molecule has 3 heterocycles. The van der Waals surface area contributed by atoms with Crippen molar-refractivity contribution in [1.82, 2.24) is 14.5 Å². The molecule has 0 saturated carbocycles. The smallest absolute Gasteiger partial charge is 0.197 e. The van der Waals surface area contributed by atoms with Crippen LogP contribution >= 0.6 is 0 Å². The number of hydrogen-bond donors (Lipinski definition) is 0. The second-order valence-electron chi connectivity index (χ2n) is 6.13. The van der Waals surface area contributed by atoms with Crippen LogP contribution in [0, 0.1) is 0 Å². The molecule has 6 nitrogen and oxygen atoms in total. The van der Waals surface area contributed by atoms with Crippen LogP contribution in [0.2, 0.25) is 0 Å². The predicted octanol–water partition coefficient (Wildman–Crippen LogP) is 3.50. The standard InChI is InChI=1S/C18H19N3O3/c1-12(2)18-20-14(11-23-18)17-19-7-8-21(17)9-13-10-22-15-5-3-4-6-16(15)24-13/h3-8,11-13H,9-10H2,1-2H3. The third kappa shape index (κ3) is 2.75. The van der Waals surface area contributed by atoms with Gasteiger partial charge in [-0.05, 0) is 12.1 Å². The molecular formula is C18H19N3O3. The van der Waals surface area contributed by atoms with Crippen molar-refractivity contribution in [2.75, 3.05) is 6.61 Å². The predicted molar refractivity (Wildman–Crippen MR) is 88.2 cm³/mol. The number of rotatable bonds is 4. The quantitative estimate of drug-likeness (QED) is 0.734. The van der Waals surface area contributed by atoms with Crippen molar-refractivity contribution < 1.29 is 13.9 Å². The van der Waals surface area contributed by atoms with Crippen LogP contribution in [0.1, 0.15) is 25.7 Å². The Kier molecular flexibility index (Phi) is 3.72. The van der Waals surface area contributed by atoms with E-state index >= 15 is 0 Å². The average molecular weight is 325 g/mol. The molecule has 1 aliphatic heterocycles. The van der Waals surface area contributed by atoms with E-state index in [0.717, 1.165) is 23.0 Å². The largest absolute Gasteiger partial charge is 0.486 e. The zero-order valence-corrected chi connectivity index (χ0v) is 13.7. The van der Waals surface area contributed by atoms with Crippen molar-refractivity contribution >= 4 is 0 Å². The Morgan fingerprint density at radius 3 is 2.88 bits per heavy atom. The van der Waals surface area contributed by atoms with Crippen LogP contribution in [0.25, 0.3) is 11.5 Å². The Morgan fingerprint density at radius 2 is 2.08 bits per heavy atom. The van der Waals surface area contributed by atoms with Gasteiger partial charge in [0, 0.05) is 18.3 Å². The van der Waals surface area contributed by atoms with Crippen LogP contribution in [0.15, 0.2) is 47.3 Å². The number of aromatic nitrogens is 3. The molecule has 0 radical (unpaired) electrons. The molecule has 0 spiro atoms. The summed E-state index contributed by atoms with van der Waals surface area (Å²) in [5.74, 6) is 3.30. The van der Waals surface area contributed by atoms with Crippen LogP contribution < -0.4 is 9.47 Å². The summed E-state index contributed by atoms with van der Waals surface area (Å²) in [6.07, 6.45) is 5.26. The average Bonchev–Trinajstić information content (AvgIpc) is 3.23. The fourth-order valence-electron chi connectivity index (χ4n) is 2.72. The van der Waals surface area contributed by atoms with Crippen molar-refractivity contribution in [2.45, 2.75) is 32.4 Å². The van der Waals surface area contributed by atoms with Crippen LogP contribution in [0.5, 0.6) is 11.5 Å². The summed E-state index contributed by atoms with van der Waals surface area (Å²) in [6.45, 7) is 5.23. The second kappa shape index (κ2) is 6.03. The molecule has 1 aromatic carbocycles. The molecule has 1 unspecified atom stereocenters. The lowest BCUT2D eigenvalue weighted by Gasteiger charge is -2.26. The van der Waals surface area contributed by atoms with Crippen molar-refractivity contribution in [3.8, 4) is 23.0 Å². The lowest BCUT2D eigenvalue weighted by molar-refractivity contribution is 0.0788. The first-order valence-corrected chi connectivity index (χ1v) is 8.06. The Morgan fingerprint density at radius 1 is 1.25 bits per heavy atom. The van der Waals surface area contributed by atoms with Crippen LogP contribution in [0.4, 0.5) is 0 Å². The second-order valence-corrected chi connectivity index (χ2v) is 6.13. The molecule has 124 valence electrons. The maximum Gasteiger partial charge on any atom is 0.197 e. The summed E-state index contributed by atoms with van der Waals surface area (Å²) < 4.78 is 19.3. The molecule has 0 bridgehead atoms. The molecule has 0 N–H and O–H groups in total. The summed E-state index contributed by atoms with van der Waals surface area (Å²) in [7, 11) is 0. The number of oxazole rings is 1. The van der Waals surface area contributed by atoms with E-state index in [2.05, 4.69) is 9.97 Å². The molecule has 0 saturated heterocycles. The van der Waals surface area contributed by atoms with E-state index in [1.165, 1.54) is 0 Å². The number of ether oxygens (including phenoxy) is 2. The first-order chi connectivity index (χ1) is 11.7. The first-order valence-electron chi connectivity index (χ1n) is 8.06. The van der Waals surface area contributed by atoms with Crippen LogP contribution in [-0.4, -0.2) is 27.2 Å². The van der Waals surface area contributed by atoms with E-state index in [4.69, 9.17) is 13.9 Å². The minimum absolute atomic E-state index is 0.0793. The third-order valence-electron chi connectivity index (χ3n) is 3.93. The van der Waals surface area contributed by atoms with Gasteiger partial charge in [-0.25, -0.2) is 9.97 Å². The van der Waals surface area contributed by atoms with Gasteiger partial charge in [0.2, 0.25) is 0 Å². The van der Waals surface area contributed by atoms with Gasteiger partial charge in [0.15, 0.2) is 29.3 Å². The maximum atomic E-state index is 6.02. The fraction of sp³-hybridized carbons (Fsp3) is 0.333. The first kappa shape index (κ1) is 14.8. The number of para-hydroxylation sites is 2. The molecule has 0 aliphatic carbocycles. The Balaban J connectivity index is 1.53. The van der Waals surface area contributed by atoms with Gasteiger partial charge in [0.05, 0.1) is 6.54 Å². The Labute approximate surface area is 140 Å². The molecule has 4 rings (SSSR count). The van der Waals surface area contributed by atoms with E-state index in [9.17, 15) is 0 Å². The van der Waals surface area contributed by atoms with Gasteiger partial charge in [-0.15, -0.1) is 0 Å². The van der Waals surface area contributed by atoms with Gasteiger partial charge in [0.1, 0.15) is 18.6 Å². The highest BCUT2D eigenvalue weighted by molar-refractivity contribution is 5.48. The maximum absolute atomic E-state index is 6.02. The van der Waals surface area contributed by atoms with E-state index in [0.29, 0.717) is 19.0 Å². The molecule has 3 aromatic rings. The fourth-order valence-corrected chi connectivity index (χ4v) is 2.72. The molecule has 1 atom stereocenters. The molecular weight excluding hydrogens is 306 g/mol. The van der Waals surface area contributed by atoms with E-state index < -0.39 is 0 Å². The van der Waals surface area contributed by atoms with Gasteiger partial charge in [-0.3, -0.25) is 0 Å². The van der Waals surface area contributed by atoms with Gasteiger partial charge in [-0.2, -0.15) is 0 Å². The number of imidazole rings is 1. The normalized spacial score (nSPS) is 16.5. The lowest BCUT2D eigenvalue weighted by Crippen LogP contribution is -2.33. The zero-order chi connectivity index (χ0) is 16.5. The van der Waals surface area contributed by atoms with Crippen molar-refractivity contribution in [1.29, 1.82) is 0 Å². The summed E-state index contributed by atoms with van der Waals surface area (Å²) in [5.41, 5.74) is 0.737. The van der Waals surface area contributed by atoms with Crippen LogP contribution in [0.3, 0.4) is 0 Å². The highest BCUT2D eigenvalue weighted by atomic mass is 16.6. The topological polar surface area (TPSA) is 62.3 Å². The zero-order valence-electron chi connectivity index (χ0n) is 13.7.